The molecular weight excluding hydrogens is 320 g/mol. The minimum Gasteiger partial charge on any atom is -1.00 e. The van der Waals surface area contributed by atoms with Crippen molar-refractivity contribution in [2.75, 3.05) is 0 Å². The number of aromatic carboxylic acids is 1. The van der Waals surface area contributed by atoms with E-state index < -0.39 is 5.97 Å². The van der Waals surface area contributed by atoms with Gasteiger partial charge in [0, 0.05) is 12.3 Å². The number of halogens is 2. The Kier molecular flexibility index (Phi) is 5.15. The van der Waals surface area contributed by atoms with E-state index in [1.807, 2.05) is 0 Å². The third-order valence-electron chi connectivity index (χ3n) is 1.84. The summed E-state index contributed by atoms with van der Waals surface area (Å²) in [6.07, 6.45) is 1.52. The van der Waals surface area contributed by atoms with E-state index in [4.69, 9.17) is 16.7 Å². The predicted molar refractivity (Wildman–Crippen MR) is 62.1 cm³/mol. The molecule has 8 heteroatoms. The van der Waals surface area contributed by atoms with Crippen LogP contribution in [0.3, 0.4) is 0 Å². The first-order chi connectivity index (χ1) is 7.59. The Morgan fingerprint density at radius 2 is 2.29 bits per heavy atom. The third-order valence-corrected chi connectivity index (χ3v) is 2.52. The molecule has 0 fully saturated rings. The van der Waals surface area contributed by atoms with Gasteiger partial charge in [-0.25, -0.2) is 14.5 Å². The van der Waals surface area contributed by atoms with Gasteiger partial charge in [-0.3, -0.25) is 0 Å². The largest absolute Gasteiger partial charge is 1.00 e. The number of carboxylic acids is 1. The maximum absolute atomic E-state index is 11.0. The molecule has 0 aromatic carbocycles. The van der Waals surface area contributed by atoms with E-state index in [1.54, 1.807) is 12.1 Å². The molecule has 2 aromatic heterocycles. The van der Waals surface area contributed by atoms with Crippen LogP contribution >= 0.6 is 27.5 Å². The van der Waals surface area contributed by atoms with E-state index in [0.717, 1.165) is 0 Å². The fourth-order valence-corrected chi connectivity index (χ4v) is 1.78. The maximum atomic E-state index is 11.0. The molecule has 2 rings (SSSR count). The van der Waals surface area contributed by atoms with Crippen molar-refractivity contribution < 1.29 is 40.9 Å². The quantitative estimate of drug-likeness (QED) is 0.756. The van der Waals surface area contributed by atoms with Crippen LogP contribution in [0.1, 0.15) is 11.9 Å². The Morgan fingerprint density at radius 3 is 2.88 bits per heavy atom. The smallest absolute Gasteiger partial charge is 1.00 e. The van der Waals surface area contributed by atoms with Crippen molar-refractivity contribution in [2.45, 2.75) is 0 Å². The zero-order valence-corrected chi connectivity index (χ0v) is 13.1. The van der Waals surface area contributed by atoms with Gasteiger partial charge in [-0.1, -0.05) is 11.6 Å². The van der Waals surface area contributed by atoms with E-state index in [-0.39, 0.29) is 42.5 Å². The van der Waals surface area contributed by atoms with Crippen LogP contribution in [0.5, 0.6) is 0 Å². The summed E-state index contributed by atoms with van der Waals surface area (Å²) in [5.74, 6) is -0.813. The van der Waals surface area contributed by atoms with Gasteiger partial charge in [0.25, 0.3) is 0 Å². The van der Waals surface area contributed by atoms with Crippen LogP contribution < -0.4 is 29.6 Å². The van der Waals surface area contributed by atoms with Crippen molar-refractivity contribution >= 4 is 33.5 Å². The predicted octanol–water partition coefficient (Wildman–Crippen LogP) is -0.502. The summed E-state index contributed by atoms with van der Waals surface area (Å²) in [7, 11) is 0. The van der Waals surface area contributed by atoms with Crippen LogP contribution in [0.4, 0.5) is 0 Å². The molecule has 17 heavy (non-hydrogen) atoms. The van der Waals surface area contributed by atoms with Gasteiger partial charge < -0.3 is 6.53 Å². The number of hydrogen-bond donors (Lipinski definition) is 1. The van der Waals surface area contributed by atoms with Gasteiger partial charge in [0.1, 0.15) is 4.60 Å². The van der Waals surface area contributed by atoms with E-state index in [0.29, 0.717) is 9.63 Å². The zero-order valence-electron chi connectivity index (χ0n) is 9.76. The molecule has 0 saturated carbocycles. The molecular formula is C9H6BrClN3NaO2. The summed E-state index contributed by atoms with van der Waals surface area (Å²) in [5, 5.41) is 13.3. The third kappa shape index (κ3) is 3.08. The van der Waals surface area contributed by atoms with Crippen molar-refractivity contribution in [1.29, 1.82) is 0 Å². The first-order valence-corrected chi connectivity index (χ1v) is 5.36. The van der Waals surface area contributed by atoms with Crippen molar-refractivity contribution in [2.24, 2.45) is 0 Å². The van der Waals surface area contributed by atoms with Gasteiger partial charge >= 0.3 is 35.5 Å². The fraction of sp³-hybridized carbons (Fsp3) is 0. The molecule has 2 aromatic rings. The number of carbonyl (C=O) groups is 1. The van der Waals surface area contributed by atoms with Crippen LogP contribution in [-0.2, 0) is 0 Å². The maximum Gasteiger partial charge on any atom is 1.00 e. The average Bonchev–Trinajstić information content (AvgIpc) is 2.61. The number of rotatable bonds is 2. The second-order valence-electron chi connectivity index (χ2n) is 2.88. The topological polar surface area (TPSA) is 68.0 Å². The van der Waals surface area contributed by atoms with Gasteiger partial charge in [-0.05, 0) is 28.1 Å². The average molecular weight is 327 g/mol. The summed E-state index contributed by atoms with van der Waals surface area (Å²) >= 11 is 9.02. The molecule has 0 aliphatic carbocycles. The van der Waals surface area contributed by atoms with Crippen molar-refractivity contribution in [1.82, 2.24) is 14.8 Å². The molecule has 0 bridgehead atoms. The Hall–Kier alpha value is -0.400. The van der Waals surface area contributed by atoms with Crippen LogP contribution in [-0.4, -0.2) is 25.8 Å². The normalized spacial score (nSPS) is 9.76. The summed E-state index contributed by atoms with van der Waals surface area (Å²) in [4.78, 5) is 15.0. The molecule has 0 atom stereocenters. The Bertz CT molecular complexity index is 566. The molecule has 0 saturated heterocycles. The molecule has 0 radical (unpaired) electrons. The molecule has 0 aliphatic rings. The molecule has 0 spiro atoms. The number of pyridine rings is 1. The SMILES string of the molecule is O=C(O)c1cc(Br)nn1-c1ncccc1Cl.[H-].[Na+]. The van der Waals surface area contributed by atoms with E-state index >= 15 is 0 Å². The minimum atomic E-state index is -1.10. The number of carboxylic acid groups (broad SMARTS) is 1. The fourth-order valence-electron chi connectivity index (χ4n) is 1.20. The standard InChI is InChI=1S/C9H5BrClN3O2.Na.H/c10-7-4-6(9(15)16)14(13-7)8-5(11)2-1-3-12-8;;/h1-4H,(H,15,16);;/q;+1;-1. The van der Waals surface area contributed by atoms with Gasteiger partial charge in [0.2, 0.25) is 0 Å². The van der Waals surface area contributed by atoms with Crippen molar-refractivity contribution in [3.05, 3.63) is 39.7 Å². The summed E-state index contributed by atoms with van der Waals surface area (Å²) in [5.41, 5.74) is -0.00697. The van der Waals surface area contributed by atoms with Gasteiger partial charge in [0.15, 0.2) is 11.5 Å². The van der Waals surface area contributed by atoms with Crippen LogP contribution in [0.15, 0.2) is 29.0 Å². The van der Waals surface area contributed by atoms with E-state index in [1.165, 1.54) is 16.9 Å². The molecule has 2 heterocycles. The van der Waals surface area contributed by atoms with Gasteiger partial charge in [-0.2, -0.15) is 5.10 Å². The Morgan fingerprint density at radius 1 is 1.59 bits per heavy atom. The molecule has 0 amide bonds. The van der Waals surface area contributed by atoms with Crippen LogP contribution in [0.25, 0.3) is 5.82 Å². The number of aromatic nitrogens is 3. The summed E-state index contributed by atoms with van der Waals surface area (Å²) in [6.45, 7) is 0. The van der Waals surface area contributed by atoms with Crippen molar-refractivity contribution in [3.8, 4) is 5.82 Å². The first kappa shape index (κ1) is 14.7. The minimum absolute atomic E-state index is 0. The molecule has 1 N–H and O–H groups in total. The van der Waals surface area contributed by atoms with E-state index in [2.05, 4.69) is 26.0 Å². The van der Waals surface area contributed by atoms with Crippen LogP contribution in [0, 0.1) is 0 Å². The molecule has 5 nitrogen and oxygen atoms in total. The van der Waals surface area contributed by atoms with Gasteiger partial charge in [-0.15, -0.1) is 0 Å². The summed E-state index contributed by atoms with van der Waals surface area (Å²) in [6, 6.07) is 4.66. The number of hydrogen-bond acceptors (Lipinski definition) is 3. The van der Waals surface area contributed by atoms with Crippen LogP contribution in [0.2, 0.25) is 5.02 Å². The molecule has 0 unspecified atom stereocenters. The monoisotopic (exact) mass is 325 g/mol. The number of nitrogens with zero attached hydrogens (tertiary/aromatic N) is 3. The Balaban J connectivity index is 0.00000144. The zero-order chi connectivity index (χ0) is 11.7. The molecule has 0 aliphatic heterocycles. The van der Waals surface area contributed by atoms with Gasteiger partial charge in [0.05, 0.1) is 5.02 Å². The first-order valence-electron chi connectivity index (χ1n) is 4.19. The second-order valence-corrected chi connectivity index (χ2v) is 4.10. The van der Waals surface area contributed by atoms with E-state index in [9.17, 15) is 4.79 Å². The molecule has 84 valence electrons. The van der Waals surface area contributed by atoms with Crippen molar-refractivity contribution in [3.63, 3.8) is 0 Å². The summed E-state index contributed by atoms with van der Waals surface area (Å²) < 4.78 is 1.58. The second kappa shape index (κ2) is 5.97. The Labute approximate surface area is 134 Å².